The molecular weight excluding hydrogens is 564 g/mol. The second-order valence-electron chi connectivity index (χ2n) is 12.0. The first-order valence-electron chi connectivity index (χ1n) is 15.4. The molecule has 1 aliphatic rings. The first-order chi connectivity index (χ1) is 21.8. The lowest BCUT2D eigenvalue weighted by Gasteiger charge is -2.28. The van der Waals surface area contributed by atoms with Gasteiger partial charge in [-0.25, -0.2) is 0 Å². The number of nitrogens with zero attached hydrogens (tertiary/aromatic N) is 3. The van der Waals surface area contributed by atoms with Crippen LogP contribution in [-0.4, -0.2) is 69.0 Å². The second kappa shape index (κ2) is 13.0. The lowest BCUT2D eigenvalue weighted by atomic mass is 10.0. The van der Waals surface area contributed by atoms with Gasteiger partial charge in [0.05, 0.1) is 11.7 Å². The van der Waals surface area contributed by atoms with E-state index >= 15 is 0 Å². The fourth-order valence-corrected chi connectivity index (χ4v) is 6.39. The van der Waals surface area contributed by atoms with Crippen LogP contribution < -0.4 is 5.32 Å². The molecule has 2 heterocycles. The SMILES string of the molecule is CN(Cc1ccccc1)C(=O)[C@H](CCc1ccc2ccccc2c1)NC(=O)[C@@H]1C[C@@H](O)CN1C(=O)c1cn(C)c2ccccc12. The Morgan fingerprint density at radius 3 is 2.42 bits per heavy atom. The highest BCUT2D eigenvalue weighted by Gasteiger charge is 2.41. The van der Waals surface area contributed by atoms with Crippen LogP contribution >= 0.6 is 0 Å². The normalized spacial score (nSPS) is 17.0. The minimum Gasteiger partial charge on any atom is -0.391 e. The Hall–Kier alpha value is -4.95. The van der Waals surface area contributed by atoms with Crippen LogP contribution in [0.4, 0.5) is 0 Å². The molecule has 1 fully saturated rings. The van der Waals surface area contributed by atoms with Crippen LogP contribution in [0.3, 0.4) is 0 Å². The minimum atomic E-state index is -0.901. The van der Waals surface area contributed by atoms with E-state index < -0.39 is 24.1 Å². The van der Waals surface area contributed by atoms with E-state index in [9.17, 15) is 19.5 Å². The molecule has 1 aromatic heterocycles. The summed E-state index contributed by atoms with van der Waals surface area (Å²) in [5, 5.41) is 16.6. The van der Waals surface area contributed by atoms with E-state index in [1.54, 1.807) is 18.1 Å². The van der Waals surface area contributed by atoms with Crippen molar-refractivity contribution in [3.05, 3.63) is 120 Å². The van der Waals surface area contributed by atoms with Crippen molar-refractivity contribution in [3.8, 4) is 0 Å². The predicted molar refractivity (Wildman–Crippen MR) is 175 cm³/mol. The zero-order valence-corrected chi connectivity index (χ0v) is 25.6. The highest BCUT2D eigenvalue weighted by Crippen LogP contribution is 2.27. The van der Waals surface area contributed by atoms with Gasteiger partial charge in [0.15, 0.2) is 0 Å². The van der Waals surface area contributed by atoms with E-state index in [2.05, 4.69) is 35.6 Å². The summed E-state index contributed by atoms with van der Waals surface area (Å²) in [6.07, 6.45) is 1.99. The molecule has 0 bridgehead atoms. The number of β-amino-alcohol motifs (C(OH)–C–C–N with tert-alkyl or cyclic N) is 1. The summed E-state index contributed by atoms with van der Waals surface area (Å²) in [6.45, 7) is 0.444. The highest BCUT2D eigenvalue weighted by atomic mass is 16.3. The lowest BCUT2D eigenvalue weighted by molar-refractivity contribution is -0.137. The fraction of sp³-hybridized carbons (Fsp3) is 0.270. The highest BCUT2D eigenvalue weighted by molar-refractivity contribution is 6.08. The molecule has 0 aliphatic carbocycles. The molecule has 0 spiro atoms. The number of hydrogen-bond acceptors (Lipinski definition) is 4. The van der Waals surface area contributed by atoms with Crippen LogP contribution in [0, 0.1) is 0 Å². The number of fused-ring (bicyclic) bond motifs is 2. The first-order valence-corrected chi connectivity index (χ1v) is 15.4. The molecule has 8 nitrogen and oxygen atoms in total. The summed E-state index contributed by atoms with van der Waals surface area (Å²) in [5.41, 5.74) is 3.43. The van der Waals surface area contributed by atoms with Gasteiger partial charge in [-0.05, 0) is 40.8 Å². The van der Waals surface area contributed by atoms with Crippen LogP contribution in [0.2, 0.25) is 0 Å². The van der Waals surface area contributed by atoms with E-state index in [4.69, 9.17) is 0 Å². The number of benzene rings is 4. The summed E-state index contributed by atoms with van der Waals surface area (Å²) in [5.74, 6) is -0.965. The van der Waals surface area contributed by atoms with Crippen molar-refractivity contribution in [2.75, 3.05) is 13.6 Å². The number of aliphatic hydroxyl groups excluding tert-OH is 1. The molecule has 2 N–H and O–H groups in total. The van der Waals surface area contributed by atoms with Crippen LogP contribution in [0.5, 0.6) is 0 Å². The van der Waals surface area contributed by atoms with Crippen molar-refractivity contribution in [1.82, 2.24) is 19.7 Å². The van der Waals surface area contributed by atoms with Gasteiger partial charge < -0.3 is 24.8 Å². The topological polar surface area (TPSA) is 94.9 Å². The number of aromatic nitrogens is 1. The van der Waals surface area contributed by atoms with Crippen molar-refractivity contribution in [1.29, 1.82) is 0 Å². The van der Waals surface area contributed by atoms with Crippen LogP contribution in [0.1, 0.15) is 34.3 Å². The third-order valence-corrected chi connectivity index (χ3v) is 8.76. The molecule has 0 radical (unpaired) electrons. The van der Waals surface area contributed by atoms with E-state index in [0.717, 1.165) is 32.8 Å². The Morgan fingerprint density at radius 2 is 1.62 bits per heavy atom. The summed E-state index contributed by atoms with van der Waals surface area (Å²) in [4.78, 5) is 44.7. The third kappa shape index (κ3) is 6.47. The summed E-state index contributed by atoms with van der Waals surface area (Å²) in [7, 11) is 3.61. The molecular formula is C37H38N4O4. The number of likely N-dealkylation sites (N-methyl/N-ethyl adjacent to an activating group) is 1. The van der Waals surface area contributed by atoms with E-state index in [-0.39, 0.29) is 24.8 Å². The lowest BCUT2D eigenvalue weighted by Crippen LogP contribution is -2.53. The smallest absolute Gasteiger partial charge is 0.256 e. The van der Waals surface area contributed by atoms with Gasteiger partial charge >= 0.3 is 0 Å². The Morgan fingerprint density at radius 1 is 0.911 bits per heavy atom. The average Bonchev–Trinajstić information content (AvgIpc) is 3.62. The number of likely N-dealkylation sites (tertiary alicyclic amines) is 1. The van der Waals surface area contributed by atoms with Gasteiger partial charge in [0.2, 0.25) is 11.8 Å². The summed E-state index contributed by atoms with van der Waals surface area (Å²) < 4.78 is 1.88. The Kier molecular flexibility index (Phi) is 8.67. The molecule has 5 aromatic rings. The molecule has 3 amide bonds. The number of rotatable bonds is 9. The summed E-state index contributed by atoms with van der Waals surface area (Å²) in [6, 6.07) is 30.0. The Bertz CT molecular complexity index is 1850. The van der Waals surface area contributed by atoms with E-state index in [1.165, 1.54) is 4.90 Å². The van der Waals surface area contributed by atoms with Crippen molar-refractivity contribution in [2.24, 2.45) is 7.05 Å². The monoisotopic (exact) mass is 602 g/mol. The van der Waals surface area contributed by atoms with Crippen LogP contribution in [0.15, 0.2) is 103 Å². The van der Waals surface area contributed by atoms with Crippen LogP contribution in [-0.2, 0) is 29.6 Å². The summed E-state index contributed by atoms with van der Waals surface area (Å²) >= 11 is 0. The van der Waals surface area contributed by atoms with Gasteiger partial charge in [-0.1, -0.05) is 91.0 Å². The van der Waals surface area contributed by atoms with Crippen molar-refractivity contribution >= 4 is 39.4 Å². The molecule has 1 saturated heterocycles. The van der Waals surface area contributed by atoms with Gasteiger partial charge in [0.25, 0.3) is 5.91 Å². The quantitative estimate of drug-likeness (QED) is 0.256. The minimum absolute atomic E-state index is 0.0454. The number of hydrogen-bond donors (Lipinski definition) is 2. The van der Waals surface area contributed by atoms with Crippen molar-refractivity contribution in [3.63, 3.8) is 0 Å². The van der Waals surface area contributed by atoms with Crippen molar-refractivity contribution < 1.29 is 19.5 Å². The van der Waals surface area contributed by atoms with Gasteiger partial charge in [-0.3, -0.25) is 14.4 Å². The standard InChI is InChI=1S/C37H38N4O4/c1-39-24-31(30-14-8-9-15-33(30)39)36(44)41-23-29(42)21-34(41)35(43)38-32(37(45)40(2)22-26-10-4-3-5-11-26)19-17-25-16-18-27-12-6-7-13-28(27)20-25/h3-16,18,20,24,29,32,34,42H,17,19,21-23H2,1-2H3,(H,38,43)/t29-,32+,34+/m1/s1. The van der Waals surface area contributed by atoms with Gasteiger partial charge in [-0.2, -0.15) is 0 Å². The maximum atomic E-state index is 13.9. The van der Waals surface area contributed by atoms with Gasteiger partial charge in [0.1, 0.15) is 12.1 Å². The number of carbonyl (C=O) groups is 3. The third-order valence-electron chi connectivity index (χ3n) is 8.76. The molecule has 8 heteroatoms. The predicted octanol–water partition coefficient (Wildman–Crippen LogP) is 4.68. The zero-order valence-electron chi connectivity index (χ0n) is 25.6. The average molecular weight is 603 g/mol. The number of aliphatic hydroxyl groups is 1. The van der Waals surface area contributed by atoms with E-state index in [1.807, 2.05) is 78.3 Å². The molecule has 3 atom stereocenters. The molecule has 45 heavy (non-hydrogen) atoms. The second-order valence-corrected chi connectivity index (χ2v) is 12.0. The largest absolute Gasteiger partial charge is 0.391 e. The van der Waals surface area contributed by atoms with Gasteiger partial charge in [-0.15, -0.1) is 0 Å². The van der Waals surface area contributed by atoms with Gasteiger partial charge in [0, 0.05) is 50.7 Å². The molecule has 230 valence electrons. The maximum absolute atomic E-state index is 13.9. The molecule has 4 aromatic carbocycles. The Labute approximate surface area is 262 Å². The first kappa shape index (κ1) is 30.1. The number of para-hydroxylation sites is 1. The Balaban J connectivity index is 1.23. The fourth-order valence-electron chi connectivity index (χ4n) is 6.39. The van der Waals surface area contributed by atoms with E-state index in [0.29, 0.717) is 24.9 Å². The number of amides is 3. The number of carbonyl (C=O) groups excluding carboxylic acids is 3. The number of nitrogens with one attached hydrogen (secondary N) is 1. The molecule has 1 aliphatic heterocycles. The van der Waals surface area contributed by atoms with Crippen molar-refractivity contribution in [2.45, 2.75) is 44.0 Å². The molecule has 6 rings (SSSR count). The maximum Gasteiger partial charge on any atom is 0.256 e. The van der Waals surface area contributed by atoms with Crippen LogP contribution in [0.25, 0.3) is 21.7 Å². The zero-order chi connectivity index (χ0) is 31.5. The number of aryl methyl sites for hydroxylation is 2. The molecule has 0 saturated carbocycles. The molecule has 0 unspecified atom stereocenters.